The molecule has 4 rings (SSSR count). The lowest BCUT2D eigenvalue weighted by atomic mass is 10.0. The van der Waals surface area contributed by atoms with E-state index >= 15 is 0 Å². The molecule has 182 valence electrons. The number of carbonyl (C=O) groups excluding carboxylic acids is 2. The first-order valence-electron chi connectivity index (χ1n) is 11.1. The molecule has 7 nitrogen and oxygen atoms in total. The minimum Gasteiger partial charge on any atom is -0.365 e. The Bertz CT molecular complexity index is 1270. The Kier molecular flexibility index (Phi) is 7.84. The molecule has 3 aromatic rings. The molecular formula is C25H24Cl2N4O3S. The summed E-state index contributed by atoms with van der Waals surface area (Å²) in [5.41, 5.74) is 1.57. The van der Waals surface area contributed by atoms with E-state index in [9.17, 15) is 13.8 Å². The normalized spacial score (nSPS) is 18.9. The first-order chi connectivity index (χ1) is 16.8. The maximum absolute atomic E-state index is 13.3. The van der Waals surface area contributed by atoms with Gasteiger partial charge >= 0.3 is 0 Å². The maximum Gasteiger partial charge on any atom is 0.254 e. The summed E-state index contributed by atoms with van der Waals surface area (Å²) in [6.45, 7) is 5.30. The molecule has 0 aliphatic carbocycles. The lowest BCUT2D eigenvalue weighted by Gasteiger charge is -2.46. The van der Waals surface area contributed by atoms with Crippen LogP contribution < -0.4 is 4.90 Å². The van der Waals surface area contributed by atoms with Crippen molar-refractivity contribution in [3.63, 3.8) is 0 Å². The predicted octanol–water partition coefficient (Wildman–Crippen LogP) is 4.51. The zero-order chi connectivity index (χ0) is 25.1. The number of benzene rings is 2. The quantitative estimate of drug-likeness (QED) is 0.436. The van der Waals surface area contributed by atoms with Crippen molar-refractivity contribution in [1.29, 1.82) is 0 Å². The highest BCUT2D eigenvalue weighted by Crippen LogP contribution is 2.29. The second kappa shape index (κ2) is 10.8. The molecule has 35 heavy (non-hydrogen) atoms. The summed E-state index contributed by atoms with van der Waals surface area (Å²) in [7, 11) is -1.68. The largest absolute Gasteiger partial charge is 0.365 e. The van der Waals surface area contributed by atoms with E-state index in [2.05, 4.69) is 22.0 Å². The van der Waals surface area contributed by atoms with Crippen LogP contribution in [0.1, 0.15) is 34.7 Å². The molecule has 10 heteroatoms. The molecule has 0 saturated carbocycles. The van der Waals surface area contributed by atoms with Gasteiger partial charge in [0, 0.05) is 47.6 Å². The van der Waals surface area contributed by atoms with Gasteiger partial charge in [0.15, 0.2) is 5.78 Å². The standard InChI is InChI=1S/C25H24Cl2N4O3S/c1-16-17(2)31(12-11-30(16)20-6-3-5-19(26)14-20)25(33)18-8-9-24(21(27)13-18)35(34)15-23(32)22-7-4-10-28-29-22/h3-10,13-14,16-17H,11-12,15H2,1-2H3/t16?,17-,35?/m0/s1. The van der Waals surface area contributed by atoms with Crippen LogP contribution in [0.5, 0.6) is 0 Å². The molecule has 2 heterocycles. The van der Waals surface area contributed by atoms with Gasteiger partial charge in [-0.15, -0.1) is 5.10 Å². The molecule has 1 amide bonds. The van der Waals surface area contributed by atoms with Crippen LogP contribution in [0, 0.1) is 0 Å². The van der Waals surface area contributed by atoms with Gasteiger partial charge in [-0.1, -0.05) is 29.3 Å². The van der Waals surface area contributed by atoms with Crippen molar-refractivity contribution < 1.29 is 13.8 Å². The minimum absolute atomic E-state index is 0.0626. The summed E-state index contributed by atoms with van der Waals surface area (Å²) >= 11 is 12.6. The average molecular weight is 531 g/mol. The van der Waals surface area contributed by atoms with E-state index in [0.717, 1.165) is 5.69 Å². The van der Waals surface area contributed by atoms with Crippen molar-refractivity contribution in [3.8, 4) is 0 Å². The number of amides is 1. The fourth-order valence-electron chi connectivity index (χ4n) is 4.15. The maximum atomic E-state index is 13.3. The zero-order valence-corrected chi connectivity index (χ0v) is 21.6. The van der Waals surface area contributed by atoms with Crippen LogP contribution in [-0.2, 0) is 10.8 Å². The third kappa shape index (κ3) is 5.55. The van der Waals surface area contributed by atoms with E-state index in [1.54, 1.807) is 18.2 Å². The molecule has 1 aromatic heterocycles. The molecule has 1 aliphatic rings. The number of anilines is 1. The van der Waals surface area contributed by atoms with E-state index in [-0.39, 0.29) is 34.5 Å². The number of Topliss-reactive ketones (excluding diaryl/α,β-unsaturated/α-hetero) is 1. The van der Waals surface area contributed by atoms with E-state index in [1.165, 1.54) is 18.3 Å². The molecule has 2 unspecified atom stereocenters. The molecule has 2 aromatic carbocycles. The number of nitrogens with zero attached hydrogens (tertiary/aromatic N) is 4. The van der Waals surface area contributed by atoms with Gasteiger partial charge in [0.2, 0.25) is 0 Å². The van der Waals surface area contributed by atoms with Gasteiger partial charge < -0.3 is 9.80 Å². The Morgan fingerprint density at radius 2 is 1.83 bits per heavy atom. The monoisotopic (exact) mass is 530 g/mol. The summed E-state index contributed by atoms with van der Waals surface area (Å²) in [5, 5.41) is 8.27. The molecule has 0 bridgehead atoms. The first-order valence-corrected chi connectivity index (χ1v) is 13.2. The van der Waals surface area contributed by atoms with Gasteiger partial charge in [0.25, 0.3) is 5.91 Å². The number of hydrogen-bond donors (Lipinski definition) is 0. The van der Waals surface area contributed by atoms with Gasteiger partial charge in [0.05, 0.1) is 26.5 Å². The van der Waals surface area contributed by atoms with Crippen LogP contribution in [0.2, 0.25) is 10.0 Å². The molecule has 3 atom stereocenters. The molecular weight excluding hydrogens is 507 g/mol. The lowest BCUT2D eigenvalue weighted by Crippen LogP contribution is -2.59. The molecule has 1 saturated heterocycles. The smallest absolute Gasteiger partial charge is 0.254 e. The SMILES string of the molecule is CC1[C@H](C)N(C(=O)c2ccc(S(=O)CC(=O)c3cccnn3)c(Cl)c2)CCN1c1cccc(Cl)c1. The van der Waals surface area contributed by atoms with E-state index in [0.29, 0.717) is 28.6 Å². The molecule has 0 spiro atoms. The summed E-state index contributed by atoms with van der Waals surface area (Å²) < 4.78 is 12.8. The summed E-state index contributed by atoms with van der Waals surface area (Å²) in [6, 6.07) is 15.5. The van der Waals surface area contributed by atoms with E-state index < -0.39 is 16.6 Å². The number of hydrogen-bond acceptors (Lipinski definition) is 6. The summed E-state index contributed by atoms with van der Waals surface area (Å²) in [4.78, 5) is 30.0. The summed E-state index contributed by atoms with van der Waals surface area (Å²) in [6.07, 6.45) is 1.46. The highest BCUT2D eigenvalue weighted by atomic mass is 35.5. The van der Waals surface area contributed by atoms with Crippen molar-refractivity contribution in [2.75, 3.05) is 23.7 Å². The van der Waals surface area contributed by atoms with Gasteiger partial charge in [0.1, 0.15) is 5.69 Å². The van der Waals surface area contributed by atoms with Gasteiger partial charge in [-0.05, 0) is 62.4 Å². The van der Waals surface area contributed by atoms with Crippen molar-refractivity contribution in [2.24, 2.45) is 0 Å². The van der Waals surface area contributed by atoms with Crippen LogP contribution in [0.4, 0.5) is 5.69 Å². The number of halogens is 2. The van der Waals surface area contributed by atoms with E-state index in [1.807, 2.05) is 36.1 Å². The number of ketones is 1. The van der Waals surface area contributed by atoms with Gasteiger partial charge in [-0.3, -0.25) is 13.8 Å². The Labute approximate surface area is 216 Å². The first kappa shape index (κ1) is 25.3. The van der Waals surface area contributed by atoms with Crippen molar-refractivity contribution in [1.82, 2.24) is 15.1 Å². The minimum atomic E-state index is -1.68. The predicted molar refractivity (Wildman–Crippen MR) is 138 cm³/mol. The number of aromatic nitrogens is 2. The van der Waals surface area contributed by atoms with Crippen molar-refractivity contribution in [3.05, 3.63) is 82.1 Å². The fourth-order valence-corrected chi connectivity index (χ4v) is 5.82. The topological polar surface area (TPSA) is 83.5 Å². The molecule has 0 radical (unpaired) electrons. The zero-order valence-electron chi connectivity index (χ0n) is 19.2. The highest BCUT2D eigenvalue weighted by molar-refractivity contribution is 7.86. The Morgan fingerprint density at radius 1 is 1.03 bits per heavy atom. The average Bonchev–Trinajstić information content (AvgIpc) is 2.85. The van der Waals surface area contributed by atoms with Crippen molar-refractivity contribution in [2.45, 2.75) is 30.8 Å². The van der Waals surface area contributed by atoms with Crippen LogP contribution in [-0.4, -0.2) is 61.9 Å². The molecule has 1 fully saturated rings. The highest BCUT2D eigenvalue weighted by Gasteiger charge is 2.34. The fraction of sp³-hybridized carbons (Fsp3) is 0.280. The Hall–Kier alpha value is -2.81. The summed E-state index contributed by atoms with van der Waals surface area (Å²) in [5.74, 6) is -0.816. The Balaban J connectivity index is 1.46. The third-order valence-electron chi connectivity index (χ3n) is 6.21. The Morgan fingerprint density at radius 3 is 2.51 bits per heavy atom. The second-order valence-electron chi connectivity index (χ2n) is 8.32. The van der Waals surface area contributed by atoms with Crippen LogP contribution in [0.3, 0.4) is 0 Å². The van der Waals surface area contributed by atoms with Crippen molar-refractivity contribution >= 4 is 51.4 Å². The van der Waals surface area contributed by atoms with E-state index in [4.69, 9.17) is 23.2 Å². The lowest BCUT2D eigenvalue weighted by molar-refractivity contribution is 0.0634. The van der Waals surface area contributed by atoms with Gasteiger partial charge in [-0.25, -0.2) is 0 Å². The van der Waals surface area contributed by atoms with Gasteiger partial charge in [-0.2, -0.15) is 5.10 Å². The number of rotatable bonds is 6. The number of carbonyl (C=O) groups is 2. The third-order valence-corrected chi connectivity index (χ3v) is 8.24. The molecule has 1 aliphatic heterocycles. The number of piperazine rings is 1. The van der Waals surface area contributed by atoms with Crippen LogP contribution in [0.25, 0.3) is 0 Å². The van der Waals surface area contributed by atoms with Crippen LogP contribution in [0.15, 0.2) is 65.7 Å². The second-order valence-corrected chi connectivity index (χ2v) is 10.6. The molecule has 0 N–H and O–H groups in total. The van der Waals surface area contributed by atoms with Crippen LogP contribution >= 0.6 is 23.2 Å².